The molecule has 0 fully saturated rings. The normalized spacial score (nSPS) is 14.5. The lowest BCUT2D eigenvalue weighted by Crippen LogP contribution is -2.32. The van der Waals surface area contributed by atoms with Crippen LogP contribution in [0, 0.1) is 13.8 Å². The SMILES string of the molecule is COc1cc(/C=C2\N=C(c3ccccc3)N(c3ccc(C)c(C)c3)C2=O)cc(OC)c1OC. The largest absolute Gasteiger partial charge is 0.493 e. The van der Waals surface area contributed by atoms with Crippen LogP contribution >= 0.6 is 0 Å². The van der Waals surface area contributed by atoms with Crippen molar-refractivity contribution in [2.24, 2.45) is 4.99 Å². The summed E-state index contributed by atoms with van der Waals surface area (Å²) >= 11 is 0. The molecule has 168 valence electrons. The fourth-order valence-electron chi connectivity index (χ4n) is 3.74. The molecule has 0 radical (unpaired) electrons. The maximum absolute atomic E-state index is 13.6. The summed E-state index contributed by atoms with van der Waals surface area (Å²) in [5.74, 6) is 1.89. The predicted molar refractivity (Wildman–Crippen MR) is 130 cm³/mol. The van der Waals surface area contributed by atoms with Gasteiger partial charge in [-0.25, -0.2) is 4.99 Å². The molecule has 0 unspecified atom stereocenters. The summed E-state index contributed by atoms with van der Waals surface area (Å²) in [5.41, 5.74) is 4.94. The van der Waals surface area contributed by atoms with Gasteiger partial charge in [0, 0.05) is 5.56 Å². The van der Waals surface area contributed by atoms with Gasteiger partial charge in [0.05, 0.1) is 27.0 Å². The molecule has 0 saturated carbocycles. The Morgan fingerprint density at radius 1 is 0.818 bits per heavy atom. The van der Waals surface area contributed by atoms with Gasteiger partial charge in [0.25, 0.3) is 5.91 Å². The number of ether oxygens (including phenoxy) is 3. The smallest absolute Gasteiger partial charge is 0.282 e. The molecule has 6 nitrogen and oxygen atoms in total. The van der Waals surface area contributed by atoms with Gasteiger partial charge < -0.3 is 14.2 Å². The minimum absolute atomic E-state index is 0.203. The molecule has 0 aromatic heterocycles. The molecule has 0 spiro atoms. The average Bonchev–Trinajstić information content (AvgIpc) is 3.16. The Labute approximate surface area is 193 Å². The molecule has 6 heteroatoms. The highest BCUT2D eigenvalue weighted by Gasteiger charge is 2.32. The summed E-state index contributed by atoms with van der Waals surface area (Å²) < 4.78 is 16.3. The van der Waals surface area contributed by atoms with Crippen molar-refractivity contribution in [2.45, 2.75) is 13.8 Å². The number of aryl methyl sites for hydroxylation is 2. The molecular weight excluding hydrogens is 416 g/mol. The summed E-state index contributed by atoms with van der Waals surface area (Å²) in [6.07, 6.45) is 1.73. The van der Waals surface area contributed by atoms with Crippen LogP contribution in [0.2, 0.25) is 0 Å². The monoisotopic (exact) mass is 442 g/mol. The van der Waals surface area contributed by atoms with E-state index in [1.807, 2.05) is 62.4 Å². The Morgan fingerprint density at radius 2 is 1.48 bits per heavy atom. The Bertz CT molecular complexity index is 1240. The third kappa shape index (κ3) is 4.20. The van der Waals surface area contributed by atoms with Crippen molar-refractivity contribution < 1.29 is 19.0 Å². The van der Waals surface area contributed by atoms with Crippen LogP contribution in [0.5, 0.6) is 17.2 Å². The van der Waals surface area contributed by atoms with E-state index in [1.165, 1.54) is 0 Å². The topological polar surface area (TPSA) is 60.4 Å². The molecule has 0 bridgehead atoms. The Kier molecular flexibility index (Phi) is 6.18. The molecule has 1 amide bonds. The number of amides is 1. The maximum Gasteiger partial charge on any atom is 0.282 e. The predicted octanol–water partition coefficient (Wildman–Crippen LogP) is 5.16. The fraction of sp³-hybridized carbons (Fsp3) is 0.185. The number of hydrogen-bond acceptors (Lipinski definition) is 5. The van der Waals surface area contributed by atoms with Crippen LogP contribution in [-0.2, 0) is 4.79 Å². The van der Waals surface area contributed by atoms with Crippen molar-refractivity contribution in [3.05, 3.63) is 88.6 Å². The molecule has 0 saturated heterocycles. The number of carbonyl (C=O) groups excluding carboxylic acids is 1. The van der Waals surface area contributed by atoms with E-state index >= 15 is 0 Å². The molecule has 3 aromatic carbocycles. The van der Waals surface area contributed by atoms with E-state index in [1.54, 1.807) is 44.4 Å². The van der Waals surface area contributed by atoms with Crippen molar-refractivity contribution in [3.8, 4) is 17.2 Å². The van der Waals surface area contributed by atoms with Crippen LogP contribution in [-0.4, -0.2) is 33.1 Å². The number of hydrogen-bond donors (Lipinski definition) is 0. The highest BCUT2D eigenvalue weighted by atomic mass is 16.5. The highest BCUT2D eigenvalue weighted by Crippen LogP contribution is 2.39. The van der Waals surface area contributed by atoms with E-state index in [0.717, 1.165) is 22.4 Å². The molecule has 3 aromatic rings. The molecule has 4 rings (SSSR count). The third-order valence-corrected chi connectivity index (χ3v) is 5.63. The maximum atomic E-state index is 13.6. The van der Waals surface area contributed by atoms with Crippen molar-refractivity contribution in [3.63, 3.8) is 0 Å². The molecule has 33 heavy (non-hydrogen) atoms. The van der Waals surface area contributed by atoms with E-state index in [0.29, 0.717) is 34.3 Å². The second-order valence-corrected chi connectivity index (χ2v) is 7.70. The van der Waals surface area contributed by atoms with Crippen LogP contribution in [0.25, 0.3) is 6.08 Å². The Morgan fingerprint density at radius 3 is 2.06 bits per heavy atom. The van der Waals surface area contributed by atoms with E-state index in [9.17, 15) is 4.79 Å². The summed E-state index contributed by atoms with van der Waals surface area (Å²) in [4.78, 5) is 20.0. The van der Waals surface area contributed by atoms with Gasteiger partial charge in [-0.15, -0.1) is 0 Å². The first-order valence-corrected chi connectivity index (χ1v) is 10.5. The average molecular weight is 443 g/mol. The second-order valence-electron chi connectivity index (χ2n) is 7.70. The summed E-state index contributed by atoms with van der Waals surface area (Å²) in [6, 6.07) is 19.2. The first-order valence-electron chi connectivity index (χ1n) is 10.5. The number of benzene rings is 3. The van der Waals surface area contributed by atoms with Gasteiger partial charge in [-0.3, -0.25) is 9.69 Å². The van der Waals surface area contributed by atoms with E-state index in [4.69, 9.17) is 19.2 Å². The standard InChI is InChI=1S/C27H26N2O4/c1-17-11-12-21(13-18(17)2)29-26(20-9-7-6-8-10-20)28-22(27(29)30)14-19-15-23(31-3)25(33-5)24(16-19)32-4/h6-16H,1-5H3/b22-14-. The molecular formula is C27H26N2O4. The zero-order valence-corrected chi connectivity index (χ0v) is 19.4. The lowest BCUT2D eigenvalue weighted by molar-refractivity contribution is -0.113. The minimum atomic E-state index is -0.203. The third-order valence-electron chi connectivity index (χ3n) is 5.63. The zero-order valence-electron chi connectivity index (χ0n) is 19.4. The van der Waals surface area contributed by atoms with E-state index in [2.05, 4.69) is 0 Å². The molecule has 0 N–H and O–H groups in total. The van der Waals surface area contributed by atoms with Crippen LogP contribution in [0.4, 0.5) is 5.69 Å². The first-order chi connectivity index (χ1) is 16.0. The Hall–Kier alpha value is -4.06. The first kappa shape index (κ1) is 22.1. The Balaban J connectivity index is 1.84. The lowest BCUT2D eigenvalue weighted by atomic mass is 10.1. The van der Waals surface area contributed by atoms with Crippen molar-refractivity contribution in [1.29, 1.82) is 0 Å². The van der Waals surface area contributed by atoms with Gasteiger partial charge in [0.1, 0.15) is 11.5 Å². The van der Waals surface area contributed by atoms with Crippen LogP contribution in [0.15, 0.2) is 71.4 Å². The zero-order chi connectivity index (χ0) is 23.5. The number of anilines is 1. The summed E-state index contributed by atoms with van der Waals surface area (Å²) in [7, 11) is 4.67. The van der Waals surface area contributed by atoms with Crippen molar-refractivity contribution in [2.75, 3.05) is 26.2 Å². The number of amidine groups is 1. The minimum Gasteiger partial charge on any atom is -0.493 e. The van der Waals surface area contributed by atoms with Crippen LogP contribution in [0.3, 0.4) is 0 Å². The number of carbonyl (C=O) groups is 1. The quantitative estimate of drug-likeness (QED) is 0.495. The number of nitrogens with zero attached hydrogens (tertiary/aromatic N) is 2. The number of rotatable bonds is 6. The molecule has 1 aliphatic rings. The van der Waals surface area contributed by atoms with Gasteiger partial charge >= 0.3 is 0 Å². The van der Waals surface area contributed by atoms with Gasteiger partial charge in [-0.05, 0) is 60.9 Å². The van der Waals surface area contributed by atoms with Gasteiger partial charge in [0.15, 0.2) is 11.5 Å². The van der Waals surface area contributed by atoms with E-state index < -0.39 is 0 Å². The lowest BCUT2D eigenvalue weighted by Gasteiger charge is -2.19. The molecule has 0 atom stereocenters. The highest BCUT2D eigenvalue weighted by molar-refractivity contribution is 6.33. The molecule has 1 heterocycles. The van der Waals surface area contributed by atoms with Gasteiger partial charge in [-0.1, -0.05) is 36.4 Å². The summed E-state index contributed by atoms with van der Waals surface area (Å²) in [6.45, 7) is 4.08. The molecule has 0 aliphatic carbocycles. The van der Waals surface area contributed by atoms with Gasteiger partial charge in [-0.2, -0.15) is 0 Å². The van der Waals surface area contributed by atoms with Crippen LogP contribution in [0.1, 0.15) is 22.3 Å². The fourth-order valence-corrected chi connectivity index (χ4v) is 3.74. The van der Waals surface area contributed by atoms with Gasteiger partial charge in [0.2, 0.25) is 5.75 Å². The van der Waals surface area contributed by atoms with Crippen molar-refractivity contribution >= 4 is 23.5 Å². The van der Waals surface area contributed by atoms with Crippen LogP contribution < -0.4 is 19.1 Å². The number of aliphatic imine (C=N–C) groups is 1. The second kappa shape index (κ2) is 9.20. The summed E-state index contributed by atoms with van der Waals surface area (Å²) in [5, 5.41) is 0. The molecule has 1 aliphatic heterocycles. The van der Waals surface area contributed by atoms with E-state index in [-0.39, 0.29) is 5.91 Å². The van der Waals surface area contributed by atoms with Crippen molar-refractivity contribution in [1.82, 2.24) is 0 Å². The number of methoxy groups -OCH3 is 3.